The number of nitrogens with one attached hydrogen (secondary N) is 1. The van der Waals surface area contributed by atoms with E-state index in [1.54, 1.807) is 0 Å². The van der Waals surface area contributed by atoms with Crippen molar-refractivity contribution in [1.82, 2.24) is 5.32 Å². The smallest absolute Gasteiger partial charge is 0.174 e. The first-order valence-corrected chi connectivity index (χ1v) is 8.32. The van der Waals surface area contributed by atoms with Gasteiger partial charge >= 0.3 is 0 Å². The van der Waals surface area contributed by atoms with E-state index in [1.807, 2.05) is 24.3 Å². The monoisotopic (exact) mass is 290 g/mol. The molecule has 0 saturated heterocycles. The zero-order chi connectivity index (χ0) is 14.2. The molecular formula is C16H22N2OS. The summed E-state index contributed by atoms with van der Waals surface area (Å²) in [5.41, 5.74) is 1.22. The minimum atomic E-state index is 0.106. The maximum absolute atomic E-state index is 8.53. The van der Waals surface area contributed by atoms with Crippen LogP contribution >= 0.6 is 11.8 Å². The predicted octanol–water partition coefficient (Wildman–Crippen LogP) is 3.35. The molecule has 20 heavy (non-hydrogen) atoms. The molecule has 0 amide bonds. The number of nitriles is 1. The molecule has 2 unspecified atom stereocenters. The molecule has 0 heterocycles. The summed E-state index contributed by atoms with van der Waals surface area (Å²) in [6.07, 6.45) is 3.95. The highest BCUT2D eigenvalue weighted by Gasteiger charge is 2.26. The maximum Gasteiger partial charge on any atom is 0.174 e. The van der Waals surface area contributed by atoms with Crippen molar-refractivity contribution in [1.29, 1.82) is 5.26 Å². The van der Waals surface area contributed by atoms with Crippen LogP contribution < -0.4 is 10.1 Å². The van der Waals surface area contributed by atoms with Gasteiger partial charge in [0.2, 0.25) is 0 Å². The molecule has 1 fully saturated rings. The summed E-state index contributed by atoms with van der Waals surface area (Å²) in [7, 11) is 0. The number of nitrogens with zero attached hydrogens (tertiary/aromatic N) is 1. The molecule has 1 aromatic rings. The van der Waals surface area contributed by atoms with Gasteiger partial charge in [-0.2, -0.15) is 17.0 Å². The molecule has 3 nitrogen and oxygen atoms in total. The maximum atomic E-state index is 8.53. The van der Waals surface area contributed by atoms with Crippen LogP contribution in [0.2, 0.25) is 0 Å². The lowest BCUT2D eigenvalue weighted by molar-refractivity contribution is 0.367. The first-order valence-electron chi connectivity index (χ1n) is 7.27. The van der Waals surface area contributed by atoms with Gasteiger partial charge in [-0.1, -0.05) is 25.5 Å². The molecule has 0 aromatic heterocycles. The van der Waals surface area contributed by atoms with Crippen LogP contribution in [0.4, 0.5) is 0 Å². The Kier molecular flexibility index (Phi) is 6.23. The number of hydrogen-bond acceptors (Lipinski definition) is 4. The SMILES string of the molecule is CCSC1CCCC1NCc1cccc(OCC#N)c1. The van der Waals surface area contributed by atoms with Crippen LogP contribution in [0.5, 0.6) is 5.75 Å². The third-order valence-corrected chi connectivity index (χ3v) is 4.93. The lowest BCUT2D eigenvalue weighted by Gasteiger charge is -2.20. The Morgan fingerprint density at radius 2 is 2.35 bits per heavy atom. The highest BCUT2D eigenvalue weighted by Crippen LogP contribution is 2.30. The summed E-state index contributed by atoms with van der Waals surface area (Å²) >= 11 is 2.07. The van der Waals surface area contributed by atoms with Crippen molar-refractivity contribution in [3.63, 3.8) is 0 Å². The predicted molar refractivity (Wildman–Crippen MR) is 83.9 cm³/mol. The van der Waals surface area contributed by atoms with Gasteiger partial charge in [0.15, 0.2) is 6.61 Å². The molecule has 1 aromatic carbocycles. The number of rotatable bonds is 7. The number of ether oxygens (including phenoxy) is 1. The molecule has 1 aliphatic rings. The summed E-state index contributed by atoms with van der Waals surface area (Å²) in [5.74, 6) is 1.97. The van der Waals surface area contributed by atoms with Crippen molar-refractivity contribution in [2.45, 2.75) is 44.0 Å². The van der Waals surface area contributed by atoms with E-state index < -0.39 is 0 Å². The summed E-state index contributed by atoms with van der Waals surface area (Å²) < 4.78 is 5.33. The Labute approximate surface area is 125 Å². The standard InChI is InChI=1S/C16H22N2OS/c1-2-20-16-8-4-7-15(16)18-12-13-5-3-6-14(11-13)19-10-9-17/h3,5-6,11,15-16,18H,2,4,7-8,10,12H2,1H3. The van der Waals surface area contributed by atoms with Gasteiger partial charge in [-0.25, -0.2) is 0 Å². The molecular weight excluding hydrogens is 268 g/mol. The third-order valence-electron chi connectivity index (χ3n) is 3.60. The Morgan fingerprint density at radius 3 is 3.15 bits per heavy atom. The van der Waals surface area contributed by atoms with Crippen molar-refractivity contribution in [2.75, 3.05) is 12.4 Å². The van der Waals surface area contributed by atoms with Crippen molar-refractivity contribution in [2.24, 2.45) is 0 Å². The van der Waals surface area contributed by atoms with Gasteiger partial charge in [-0.05, 0) is 36.3 Å². The van der Waals surface area contributed by atoms with Crippen LogP contribution in [0, 0.1) is 11.3 Å². The normalized spacial score (nSPS) is 21.6. The highest BCUT2D eigenvalue weighted by atomic mass is 32.2. The first-order chi connectivity index (χ1) is 9.83. The average molecular weight is 290 g/mol. The van der Waals surface area contributed by atoms with Gasteiger partial charge in [0.1, 0.15) is 11.8 Å². The molecule has 1 saturated carbocycles. The molecule has 2 atom stereocenters. The van der Waals surface area contributed by atoms with Crippen LogP contribution in [0.3, 0.4) is 0 Å². The van der Waals surface area contributed by atoms with Gasteiger partial charge in [0.05, 0.1) is 0 Å². The summed E-state index contributed by atoms with van der Waals surface area (Å²) in [5, 5.41) is 13.0. The Morgan fingerprint density at radius 1 is 1.45 bits per heavy atom. The molecule has 1 aliphatic carbocycles. The zero-order valence-electron chi connectivity index (χ0n) is 12.0. The van der Waals surface area contributed by atoms with E-state index in [0.717, 1.165) is 17.5 Å². The zero-order valence-corrected chi connectivity index (χ0v) is 12.8. The van der Waals surface area contributed by atoms with Crippen molar-refractivity contribution < 1.29 is 4.74 Å². The fourth-order valence-electron chi connectivity index (χ4n) is 2.68. The molecule has 0 spiro atoms. The Bertz CT molecular complexity index is 458. The van der Waals surface area contributed by atoms with Gasteiger partial charge in [-0.3, -0.25) is 0 Å². The molecule has 4 heteroatoms. The number of hydrogen-bond donors (Lipinski definition) is 1. The van der Waals surface area contributed by atoms with Crippen LogP contribution in [0.25, 0.3) is 0 Å². The first kappa shape index (κ1) is 15.2. The van der Waals surface area contributed by atoms with Crippen molar-refractivity contribution >= 4 is 11.8 Å². The van der Waals surface area contributed by atoms with Crippen LogP contribution in [-0.4, -0.2) is 23.7 Å². The Balaban J connectivity index is 1.85. The van der Waals surface area contributed by atoms with Crippen molar-refractivity contribution in [3.8, 4) is 11.8 Å². The molecule has 0 bridgehead atoms. The van der Waals surface area contributed by atoms with E-state index in [4.69, 9.17) is 10.00 Å². The van der Waals surface area contributed by atoms with E-state index in [-0.39, 0.29) is 6.61 Å². The second kappa shape index (κ2) is 8.18. The summed E-state index contributed by atoms with van der Waals surface area (Å²) in [4.78, 5) is 0. The van der Waals surface area contributed by atoms with Crippen LogP contribution in [0.1, 0.15) is 31.7 Å². The van der Waals surface area contributed by atoms with E-state index in [0.29, 0.717) is 6.04 Å². The molecule has 2 rings (SSSR count). The minimum Gasteiger partial charge on any atom is -0.479 e. The van der Waals surface area contributed by atoms with E-state index >= 15 is 0 Å². The topological polar surface area (TPSA) is 45.0 Å². The van der Waals surface area contributed by atoms with Crippen LogP contribution in [-0.2, 0) is 6.54 Å². The van der Waals surface area contributed by atoms with Gasteiger partial charge < -0.3 is 10.1 Å². The van der Waals surface area contributed by atoms with Gasteiger partial charge in [0, 0.05) is 17.8 Å². The number of benzene rings is 1. The molecule has 108 valence electrons. The lowest BCUT2D eigenvalue weighted by Crippen LogP contribution is -2.33. The highest BCUT2D eigenvalue weighted by molar-refractivity contribution is 7.99. The largest absolute Gasteiger partial charge is 0.479 e. The van der Waals surface area contributed by atoms with Crippen molar-refractivity contribution in [3.05, 3.63) is 29.8 Å². The molecule has 0 aliphatic heterocycles. The van der Waals surface area contributed by atoms with E-state index in [2.05, 4.69) is 30.1 Å². The molecule has 1 N–H and O–H groups in total. The molecule has 0 radical (unpaired) electrons. The second-order valence-corrected chi connectivity index (χ2v) is 6.52. The van der Waals surface area contributed by atoms with Gasteiger partial charge in [0.25, 0.3) is 0 Å². The van der Waals surface area contributed by atoms with Crippen LogP contribution in [0.15, 0.2) is 24.3 Å². The fraction of sp³-hybridized carbons (Fsp3) is 0.562. The second-order valence-electron chi connectivity index (χ2n) is 5.01. The average Bonchev–Trinajstić information content (AvgIpc) is 2.91. The third kappa shape index (κ3) is 4.43. The minimum absolute atomic E-state index is 0.106. The Hall–Kier alpha value is -1.18. The summed E-state index contributed by atoms with van der Waals surface area (Å²) in [6, 6.07) is 10.6. The summed E-state index contributed by atoms with van der Waals surface area (Å²) in [6.45, 7) is 3.21. The number of thioether (sulfide) groups is 1. The van der Waals surface area contributed by atoms with E-state index in [1.165, 1.54) is 30.6 Å². The lowest BCUT2D eigenvalue weighted by atomic mass is 10.2. The van der Waals surface area contributed by atoms with Gasteiger partial charge in [-0.15, -0.1) is 0 Å². The quantitative estimate of drug-likeness (QED) is 0.836. The van der Waals surface area contributed by atoms with E-state index in [9.17, 15) is 0 Å². The fourth-order valence-corrected chi connectivity index (χ4v) is 3.91.